The molecule has 4 saturated carbocycles. The van der Waals surface area contributed by atoms with Gasteiger partial charge in [0.2, 0.25) is 0 Å². The Hall–Kier alpha value is -0.0400. The summed E-state index contributed by atoms with van der Waals surface area (Å²) >= 11 is 0. The SMILES string of the molecule is C[C@]12CCCC[C@@H]1CC[C@@H]1[C@@H]2CC[C@]2(C)C(N)CC[C@@H]12. The van der Waals surface area contributed by atoms with Crippen molar-refractivity contribution in [1.29, 1.82) is 0 Å². The molecule has 20 heavy (non-hydrogen) atoms. The van der Waals surface area contributed by atoms with Gasteiger partial charge < -0.3 is 5.73 Å². The van der Waals surface area contributed by atoms with Crippen molar-refractivity contribution in [3.8, 4) is 0 Å². The Kier molecular flexibility index (Phi) is 3.05. The molecule has 0 aliphatic heterocycles. The fourth-order valence-corrected chi connectivity index (χ4v) is 7.34. The topological polar surface area (TPSA) is 26.0 Å². The monoisotopic (exact) mass is 275 g/mol. The summed E-state index contributed by atoms with van der Waals surface area (Å²) < 4.78 is 0. The van der Waals surface area contributed by atoms with Gasteiger partial charge in [0.05, 0.1) is 0 Å². The number of nitrogens with two attached hydrogens (primary N) is 1. The summed E-state index contributed by atoms with van der Waals surface area (Å²) in [6.07, 6.45) is 14.7. The van der Waals surface area contributed by atoms with Gasteiger partial charge in [-0.25, -0.2) is 0 Å². The molecule has 0 aromatic rings. The van der Waals surface area contributed by atoms with E-state index in [4.69, 9.17) is 5.73 Å². The van der Waals surface area contributed by atoms with Crippen LogP contribution in [0.25, 0.3) is 0 Å². The summed E-state index contributed by atoms with van der Waals surface area (Å²) in [6, 6.07) is 0.491. The van der Waals surface area contributed by atoms with Crippen LogP contribution in [0.4, 0.5) is 0 Å². The molecule has 2 N–H and O–H groups in total. The summed E-state index contributed by atoms with van der Waals surface area (Å²) in [7, 11) is 0. The molecule has 4 aliphatic carbocycles. The van der Waals surface area contributed by atoms with Crippen molar-refractivity contribution in [2.45, 2.75) is 84.1 Å². The molecule has 0 heterocycles. The number of rotatable bonds is 0. The predicted molar refractivity (Wildman–Crippen MR) is 84.3 cm³/mol. The van der Waals surface area contributed by atoms with Gasteiger partial charge in [0, 0.05) is 6.04 Å². The Balaban J connectivity index is 1.64. The minimum atomic E-state index is 0.485. The Bertz CT molecular complexity index is 391. The van der Waals surface area contributed by atoms with Gasteiger partial charge in [-0.15, -0.1) is 0 Å². The Labute approximate surface area is 125 Å². The maximum Gasteiger partial charge on any atom is 0.00957 e. The lowest BCUT2D eigenvalue weighted by molar-refractivity contribution is -0.105. The molecule has 0 aromatic carbocycles. The number of fused-ring (bicyclic) bond motifs is 5. The third kappa shape index (κ3) is 1.65. The molecular formula is C19H33N. The second-order valence-electron chi connectivity index (χ2n) is 9.13. The molecule has 7 atom stereocenters. The molecule has 0 saturated heterocycles. The van der Waals surface area contributed by atoms with E-state index in [1.54, 1.807) is 0 Å². The maximum atomic E-state index is 6.51. The molecule has 0 aromatic heterocycles. The van der Waals surface area contributed by atoms with Crippen LogP contribution in [0.5, 0.6) is 0 Å². The van der Waals surface area contributed by atoms with E-state index in [2.05, 4.69) is 13.8 Å². The first-order valence-corrected chi connectivity index (χ1v) is 9.31. The van der Waals surface area contributed by atoms with Gasteiger partial charge >= 0.3 is 0 Å². The standard InChI is InChI=1S/C19H33N/c1-18-11-4-3-5-13(18)6-7-14-15-8-9-17(20)19(15,2)12-10-16(14)18/h13-17H,3-12,20H2,1-2H3/t13-,14+,15+,16+,17?,18+,19+/m1/s1. The van der Waals surface area contributed by atoms with Crippen molar-refractivity contribution in [3.63, 3.8) is 0 Å². The van der Waals surface area contributed by atoms with Gasteiger partial charge in [0.15, 0.2) is 0 Å². The first-order chi connectivity index (χ1) is 9.56. The van der Waals surface area contributed by atoms with Gasteiger partial charge in [-0.3, -0.25) is 0 Å². The Morgan fingerprint density at radius 2 is 1.55 bits per heavy atom. The number of hydrogen-bond acceptors (Lipinski definition) is 1. The molecule has 0 bridgehead atoms. The van der Waals surface area contributed by atoms with E-state index in [0.717, 1.165) is 23.7 Å². The molecule has 4 rings (SSSR count). The van der Waals surface area contributed by atoms with E-state index >= 15 is 0 Å². The maximum absolute atomic E-state index is 6.51. The summed E-state index contributed by atoms with van der Waals surface area (Å²) in [6.45, 7) is 5.20. The second kappa shape index (κ2) is 4.48. The highest BCUT2D eigenvalue weighted by Crippen LogP contribution is 2.65. The van der Waals surface area contributed by atoms with Crippen LogP contribution < -0.4 is 5.73 Å². The fraction of sp³-hybridized carbons (Fsp3) is 1.00. The zero-order valence-electron chi connectivity index (χ0n) is 13.5. The van der Waals surface area contributed by atoms with Gasteiger partial charge in [0.1, 0.15) is 0 Å². The van der Waals surface area contributed by atoms with Crippen LogP contribution >= 0.6 is 0 Å². The lowest BCUT2D eigenvalue weighted by Gasteiger charge is -2.60. The van der Waals surface area contributed by atoms with E-state index in [1.165, 1.54) is 64.2 Å². The van der Waals surface area contributed by atoms with Crippen molar-refractivity contribution in [3.05, 3.63) is 0 Å². The van der Waals surface area contributed by atoms with E-state index in [0.29, 0.717) is 16.9 Å². The number of hydrogen-bond donors (Lipinski definition) is 1. The molecule has 4 fully saturated rings. The molecule has 1 heteroatoms. The smallest absolute Gasteiger partial charge is 0.00957 e. The highest BCUT2D eigenvalue weighted by atomic mass is 14.8. The molecule has 4 aliphatic rings. The normalized spacial score (nSPS) is 58.6. The second-order valence-corrected chi connectivity index (χ2v) is 9.13. The molecule has 0 spiro atoms. The van der Waals surface area contributed by atoms with Crippen LogP contribution in [0.15, 0.2) is 0 Å². The summed E-state index contributed by atoms with van der Waals surface area (Å²) in [5, 5.41) is 0. The van der Waals surface area contributed by atoms with Crippen LogP contribution in [-0.2, 0) is 0 Å². The van der Waals surface area contributed by atoms with Gasteiger partial charge in [-0.05, 0) is 85.9 Å². The summed E-state index contributed by atoms with van der Waals surface area (Å²) in [5.41, 5.74) is 7.69. The van der Waals surface area contributed by atoms with Crippen molar-refractivity contribution >= 4 is 0 Å². The first kappa shape index (κ1) is 13.6. The molecule has 1 unspecified atom stereocenters. The van der Waals surface area contributed by atoms with Crippen LogP contribution in [0.1, 0.15) is 78.1 Å². The van der Waals surface area contributed by atoms with Crippen molar-refractivity contribution in [2.75, 3.05) is 0 Å². The lowest BCUT2D eigenvalue weighted by Crippen LogP contribution is -2.54. The first-order valence-electron chi connectivity index (χ1n) is 9.31. The van der Waals surface area contributed by atoms with Crippen LogP contribution in [-0.4, -0.2) is 6.04 Å². The van der Waals surface area contributed by atoms with Crippen LogP contribution in [0.3, 0.4) is 0 Å². The van der Waals surface area contributed by atoms with Crippen molar-refractivity contribution < 1.29 is 0 Å². The zero-order valence-corrected chi connectivity index (χ0v) is 13.5. The van der Waals surface area contributed by atoms with Gasteiger partial charge in [-0.2, -0.15) is 0 Å². The van der Waals surface area contributed by atoms with E-state index in [-0.39, 0.29) is 0 Å². The molecule has 1 nitrogen and oxygen atoms in total. The Morgan fingerprint density at radius 3 is 2.40 bits per heavy atom. The van der Waals surface area contributed by atoms with Crippen LogP contribution in [0.2, 0.25) is 0 Å². The lowest BCUT2D eigenvalue weighted by atomic mass is 9.45. The van der Waals surface area contributed by atoms with Gasteiger partial charge in [-0.1, -0.05) is 26.7 Å². The van der Waals surface area contributed by atoms with Crippen molar-refractivity contribution in [2.24, 2.45) is 40.2 Å². The zero-order chi connectivity index (χ0) is 14.0. The molecule has 114 valence electrons. The van der Waals surface area contributed by atoms with E-state index < -0.39 is 0 Å². The molecule has 0 radical (unpaired) electrons. The highest BCUT2D eigenvalue weighted by molar-refractivity contribution is 5.09. The summed E-state index contributed by atoms with van der Waals surface area (Å²) in [5.74, 6) is 4.06. The van der Waals surface area contributed by atoms with Gasteiger partial charge in [0.25, 0.3) is 0 Å². The minimum absolute atomic E-state index is 0.485. The summed E-state index contributed by atoms with van der Waals surface area (Å²) in [4.78, 5) is 0. The average molecular weight is 275 g/mol. The quantitative estimate of drug-likeness (QED) is 0.678. The molecule has 0 amide bonds. The predicted octanol–water partition coefficient (Wildman–Crippen LogP) is 4.75. The third-order valence-electron chi connectivity index (χ3n) is 8.66. The Morgan fingerprint density at radius 1 is 0.750 bits per heavy atom. The third-order valence-corrected chi connectivity index (χ3v) is 8.66. The van der Waals surface area contributed by atoms with Crippen LogP contribution in [0, 0.1) is 34.5 Å². The van der Waals surface area contributed by atoms with E-state index in [1.807, 2.05) is 0 Å². The largest absolute Gasteiger partial charge is 0.327 e. The fourth-order valence-electron chi connectivity index (χ4n) is 7.34. The highest BCUT2D eigenvalue weighted by Gasteiger charge is 2.58. The van der Waals surface area contributed by atoms with E-state index in [9.17, 15) is 0 Å². The average Bonchev–Trinajstić information content (AvgIpc) is 2.74. The van der Waals surface area contributed by atoms with Crippen molar-refractivity contribution in [1.82, 2.24) is 0 Å². The molecular weight excluding hydrogens is 242 g/mol. The minimum Gasteiger partial charge on any atom is -0.327 e.